The number of aromatic nitrogens is 3. The molecule has 0 unspecified atom stereocenters. The SMILES string of the molecule is CCCn1cc(C#C[C@@](C)(O)c2cc(C)on2)c2c(C(=O)OCc3ccccc3C)c(C)[nH]c2c1=O. The molecule has 4 rings (SSSR count). The molecule has 0 radical (unpaired) electrons. The molecule has 0 fully saturated rings. The minimum atomic E-state index is -1.60. The number of aromatic amines is 1. The summed E-state index contributed by atoms with van der Waals surface area (Å²) < 4.78 is 12.3. The number of fused-ring (bicyclic) bond motifs is 1. The van der Waals surface area contributed by atoms with E-state index in [0.717, 1.165) is 17.5 Å². The maximum Gasteiger partial charge on any atom is 0.340 e. The lowest BCUT2D eigenvalue weighted by atomic mass is 10.0. The van der Waals surface area contributed by atoms with Crippen molar-refractivity contribution >= 4 is 16.9 Å². The predicted molar refractivity (Wildman–Crippen MR) is 136 cm³/mol. The van der Waals surface area contributed by atoms with Crippen LogP contribution in [-0.4, -0.2) is 25.8 Å². The van der Waals surface area contributed by atoms with E-state index in [9.17, 15) is 14.7 Å². The number of carbonyl (C=O) groups excluding carboxylic acids is 1. The predicted octanol–water partition coefficient (Wildman–Crippen LogP) is 4.27. The van der Waals surface area contributed by atoms with Crippen LogP contribution >= 0.6 is 0 Å². The highest BCUT2D eigenvalue weighted by molar-refractivity contribution is 6.07. The Morgan fingerprint density at radius 1 is 1.28 bits per heavy atom. The van der Waals surface area contributed by atoms with Crippen LogP contribution in [0.15, 0.2) is 45.8 Å². The molecule has 186 valence electrons. The summed E-state index contributed by atoms with van der Waals surface area (Å²) in [6.07, 6.45) is 2.36. The van der Waals surface area contributed by atoms with E-state index in [4.69, 9.17) is 9.26 Å². The topological polar surface area (TPSA) is 110 Å². The number of pyridine rings is 1. The summed E-state index contributed by atoms with van der Waals surface area (Å²) in [7, 11) is 0. The molecule has 0 saturated carbocycles. The molecule has 1 aromatic carbocycles. The lowest BCUT2D eigenvalue weighted by molar-refractivity contribution is 0.0473. The van der Waals surface area contributed by atoms with E-state index in [1.54, 1.807) is 30.7 Å². The Morgan fingerprint density at radius 3 is 2.69 bits per heavy atom. The highest BCUT2D eigenvalue weighted by Crippen LogP contribution is 2.26. The molecule has 3 aromatic heterocycles. The third-order valence-corrected chi connectivity index (χ3v) is 6.07. The molecule has 0 bridgehead atoms. The number of H-pyrrole nitrogens is 1. The van der Waals surface area contributed by atoms with Crippen molar-refractivity contribution in [2.45, 2.75) is 59.8 Å². The van der Waals surface area contributed by atoms with Crippen LogP contribution in [-0.2, 0) is 23.5 Å². The van der Waals surface area contributed by atoms with Crippen molar-refractivity contribution in [2.24, 2.45) is 0 Å². The lowest BCUT2D eigenvalue weighted by Crippen LogP contribution is -2.21. The minimum absolute atomic E-state index is 0.103. The van der Waals surface area contributed by atoms with Crippen LogP contribution in [0.3, 0.4) is 0 Å². The van der Waals surface area contributed by atoms with Crippen molar-refractivity contribution in [3.05, 3.63) is 86.3 Å². The summed E-state index contributed by atoms with van der Waals surface area (Å²) in [6.45, 7) is 9.46. The molecule has 1 atom stereocenters. The second-order valence-corrected chi connectivity index (χ2v) is 9.06. The first kappa shape index (κ1) is 25.0. The molecule has 2 N–H and O–H groups in total. The Kier molecular flexibility index (Phi) is 6.86. The van der Waals surface area contributed by atoms with Crippen LogP contribution in [0.5, 0.6) is 0 Å². The molecule has 0 amide bonds. The van der Waals surface area contributed by atoms with Gasteiger partial charge in [0.1, 0.15) is 23.6 Å². The van der Waals surface area contributed by atoms with Crippen LogP contribution in [0.4, 0.5) is 0 Å². The van der Waals surface area contributed by atoms with Gasteiger partial charge in [0, 0.05) is 29.9 Å². The van der Waals surface area contributed by atoms with Crippen molar-refractivity contribution in [2.75, 3.05) is 0 Å². The molecule has 3 heterocycles. The summed E-state index contributed by atoms with van der Waals surface area (Å²) in [4.78, 5) is 29.5. The molecular weight excluding hydrogens is 458 g/mol. The van der Waals surface area contributed by atoms with Gasteiger partial charge in [-0.1, -0.05) is 48.2 Å². The molecule has 0 saturated heterocycles. The first-order chi connectivity index (χ1) is 17.1. The van der Waals surface area contributed by atoms with Gasteiger partial charge < -0.3 is 23.9 Å². The molecule has 0 spiro atoms. The smallest absolute Gasteiger partial charge is 0.340 e. The summed E-state index contributed by atoms with van der Waals surface area (Å²) in [5.41, 5.74) is 1.78. The zero-order valence-corrected chi connectivity index (χ0v) is 21.1. The van der Waals surface area contributed by atoms with Crippen LogP contribution in [0.2, 0.25) is 0 Å². The number of hydrogen-bond acceptors (Lipinski definition) is 6. The normalized spacial score (nSPS) is 12.7. The number of aryl methyl sites for hydroxylation is 4. The average molecular weight is 488 g/mol. The second kappa shape index (κ2) is 9.88. The van der Waals surface area contributed by atoms with Gasteiger partial charge in [-0.25, -0.2) is 4.79 Å². The molecule has 0 aliphatic carbocycles. The quantitative estimate of drug-likeness (QED) is 0.310. The fraction of sp³-hybridized carbons (Fsp3) is 0.321. The molecule has 36 heavy (non-hydrogen) atoms. The molecule has 4 aromatic rings. The standard InChI is InChI=1S/C28H29N3O5/c1-6-13-31-15-20(11-12-28(5,34)22-14-18(3)36-30-22)24-23(19(4)29-25(24)26(31)32)27(33)35-16-21-10-8-7-9-17(21)2/h7-10,14-15,29,34H,6,13,16H2,1-5H3/t28-/m1/s1. The van der Waals surface area contributed by atoms with E-state index in [2.05, 4.69) is 22.0 Å². The van der Waals surface area contributed by atoms with Gasteiger partial charge in [-0.2, -0.15) is 0 Å². The number of rotatable bonds is 6. The Balaban J connectivity index is 1.82. The van der Waals surface area contributed by atoms with Gasteiger partial charge in [0.15, 0.2) is 5.60 Å². The molecule has 8 nitrogen and oxygen atoms in total. The number of nitrogens with zero attached hydrogens (tertiary/aromatic N) is 2. The monoisotopic (exact) mass is 487 g/mol. The summed E-state index contributed by atoms with van der Waals surface area (Å²) in [5.74, 6) is 5.80. The summed E-state index contributed by atoms with van der Waals surface area (Å²) in [6, 6.07) is 9.27. The Bertz CT molecular complexity index is 1560. The fourth-order valence-corrected chi connectivity index (χ4v) is 4.07. The minimum Gasteiger partial charge on any atom is -0.457 e. The third kappa shape index (κ3) is 4.83. The highest BCUT2D eigenvalue weighted by atomic mass is 16.5. The molecule has 0 aliphatic rings. The molecule has 8 heteroatoms. The van der Waals surface area contributed by atoms with Gasteiger partial charge in [0.05, 0.1) is 11.1 Å². The van der Waals surface area contributed by atoms with Gasteiger partial charge in [-0.3, -0.25) is 4.79 Å². The van der Waals surface area contributed by atoms with Crippen molar-refractivity contribution in [3.63, 3.8) is 0 Å². The van der Waals surface area contributed by atoms with Gasteiger partial charge in [0.25, 0.3) is 5.56 Å². The maximum atomic E-state index is 13.3. The number of hydrogen-bond donors (Lipinski definition) is 2. The fourth-order valence-electron chi connectivity index (χ4n) is 4.07. The number of ether oxygens (including phenoxy) is 1. The van der Waals surface area contributed by atoms with E-state index >= 15 is 0 Å². The van der Waals surface area contributed by atoms with Crippen LogP contribution in [0.25, 0.3) is 10.9 Å². The lowest BCUT2D eigenvalue weighted by Gasteiger charge is -2.12. The van der Waals surface area contributed by atoms with E-state index in [0.29, 0.717) is 28.9 Å². The average Bonchev–Trinajstić information content (AvgIpc) is 3.43. The van der Waals surface area contributed by atoms with Gasteiger partial charge in [0.2, 0.25) is 0 Å². The Morgan fingerprint density at radius 2 is 2.03 bits per heavy atom. The Labute approximate surface area is 208 Å². The number of benzene rings is 1. The summed E-state index contributed by atoms with van der Waals surface area (Å²) >= 11 is 0. The van der Waals surface area contributed by atoms with Crippen molar-refractivity contribution < 1.29 is 19.2 Å². The Hall–Kier alpha value is -4.09. The number of nitrogens with one attached hydrogen (secondary N) is 1. The van der Waals surface area contributed by atoms with E-state index in [1.165, 1.54) is 6.92 Å². The van der Waals surface area contributed by atoms with Crippen molar-refractivity contribution in [3.8, 4) is 11.8 Å². The van der Waals surface area contributed by atoms with Gasteiger partial charge in [-0.15, -0.1) is 0 Å². The maximum absolute atomic E-state index is 13.3. The van der Waals surface area contributed by atoms with Crippen LogP contribution in [0.1, 0.15) is 64.5 Å². The molecular formula is C28H29N3O5. The van der Waals surface area contributed by atoms with Crippen molar-refractivity contribution in [1.82, 2.24) is 14.7 Å². The van der Waals surface area contributed by atoms with Gasteiger partial charge in [-0.05, 0) is 45.2 Å². The zero-order chi connectivity index (χ0) is 26.0. The number of esters is 1. The van der Waals surface area contributed by atoms with Gasteiger partial charge >= 0.3 is 5.97 Å². The first-order valence-electron chi connectivity index (χ1n) is 11.8. The zero-order valence-electron chi connectivity index (χ0n) is 21.1. The van der Waals surface area contributed by atoms with E-state index in [1.807, 2.05) is 38.1 Å². The van der Waals surface area contributed by atoms with Crippen LogP contribution in [0, 0.1) is 32.6 Å². The number of carbonyl (C=O) groups is 1. The molecule has 0 aliphatic heterocycles. The van der Waals surface area contributed by atoms with Crippen LogP contribution < -0.4 is 5.56 Å². The van der Waals surface area contributed by atoms with E-state index < -0.39 is 11.6 Å². The summed E-state index contributed by atoms with van der Waals surface area (Å²) in [5, 5.41) is 15.2. The first-order valence-corrected chi connectivity index (χ1v) is 11.8. The van der Waals surface area contributed by atoms with E-state index in [-0.39, 0.29) is 28.9 Å². The second-order valence-electron chi connectivity index (χ2n) is 9.06. The highest BCUT2D eigenvalue weighted by Gasteiger charge is 2.26. The third-order valence-electron chi connectivity index (χ3n) is 6.07. The number of aliphatic hydroxyl groups is 1. The largest absolute Gasteiger partial charge is 0.457 e. The van der Waals surface area contributed by atoms with Crippen molar-refractivity contribution in [1.29, 1.82) is 0 Å².